The Hall–Kier alpha value is -3.02. The predicted molar refractivity (Wildman–Crippen MR) is 96.5 cm³/mol. The van der Waals surface area contributed by atoms with Crippen LogP contribution in [-0.4, -0.2) is 42.1 Å². The van der Waals surface area contributed by atoms with Crippen molar-refractivity contribution in [3.8, 4) is 5.75 Å². The standard InChI is InChI=1S/C19H22N2O4/c1-3-12-21(13-18(22)23)19(24)14-8-4-5-9-15(14)20-16-10-6-7-11-17(16)25-2/h4-11,20H,3,12-13H2,1-2H3,(H,22,23). The molecule has 0 radical (unpaired) electrons. The zero-order chi connectivity index (χ0) is 18.2. The molecular formula is C19H22N2O4. The SMILES string of the molecule is CCCN(CC(=O)O)C(=O)c1ccccc1Nc1ccccc1OC. The number of ether oxygens (including phenoxy) is 1. The number of nitrogens with one attached hydrogen (secondary N) is 1. The van der Waals surface area contributed by atoms with Gasteiger partial charge in [0.2, 0.25) is 0 Å². The van der Waals surface area contributed by atoms with Gasteiger partial charge in [-0.15, -0.1) is 0 Å². The molecule has 0 saturated heterocycles. The van der Waals surface area contributed by atoms with Crippen LogP contribution in [0.1, 0.15) is 23.7 Å². The Labute approximate surface area is 147 Å². The van der Waals surface area contributed by atoms with Crippen molar-refractivity contribution in [1.29, 1.82) is 0 Å². The first-order valence-corrected chi connectivity index (χ1v) is 8.07. The molecule has 2 aromatic rings. The first-order valence-electron chi connectivity index (χ1n) is 8.07. The number of anilines is 2. The Kier molecular flexibility index (Phi) is 6.39. The van der Waals surface area contributed by atoms with Gasteiger partial charge in [-0.1, -0.05) is 31.2 Å². The van der Waals surface area contributed by atoms with Crippen molar-refractivity contribution in [3.05, 3.63) is 54.1 Å². The molecule has 25 heavy (non-hydrogen) atoms. The Morgan fingerprint density at radius 2 is 1.72 bits per heavy atom. The van der Waals surface area contributed by atoms with Gasteiger partial charge in [0.15, 0.2) is 0 Å². The van der Waals surface area contributed by atoms with Crippen LogP contribution in [0.3, 0.4) is 0 Å². The number of methoxy groups -OCH3 is 1. The fourth-order valence-electron chi connectivity index (χ4n) is 2.53. The summed E-state index contributed by atoms with van der Waals surface area (Å²) in [5.41, 5.74) is 1.75. The van der Waals surface area contributed by atoms with Gasteiger partial charge in [0.1, 0.15) is 12.3 Å². The number of carbonyl (C=O) groups is 2. The van der Waals surface area contributed by atoms with Crippen molar-refractivity contribution >= 4 is 23.3 Å². The monoisotopic (exact) mass is 342 g/mol. The molecule has 0 saturated carbocycles. The Morgan fingerprint density at radius 3 is 2.36 bits per heavy atom. The minimum Gasteiger partial charge on any atom is -0.495 e. The summed E-state index contributed by atoms with van der Waals surface area (Å²) >= 11 is 0. The summed E-state index contributed by atoms with van der Waals surface area (Å²) in [5, 5.41) is 12.3. The van der Waals surface area contributed by atoms with Crippen molar-refractivity contribution in [1.82, 2.24) is 4.90 Å². The molecule has 0 aliphatic carbocycles. The number of carboxylic acids is 1. The van der Waals surface area contributed by atoms with Crippen LogP contribution in [0.4, 0.5) is 11.4 Å². The molecular weight excluding hydrogens is 320 g/mol. The molecule has 0 aliphatic heterocycles. The Morgan fingerprint density at radius 1 is 1.08 bits per heavy atom. The highest BCUT2D eigenvalue weighted by Crippen LogP contribution is 2.29. The van der Waals surface area contributed by atoms with Crippen molar-refractivity contribution in [2.45, 2.75) is 13.3 Å². The zero-order valence-corrected chi connectivity index (χ0v) is 14.4. The summed E-state index contributed by atoms with van der Waals surface area (Å²) < 4.78 is 5.32. The smallest absolute Gasteiger partial charge is 0.323 e. The predicted octanol–water partition coefficient (Wildman–Crippen LogP) is 3.38. The van der Waals surface area contributed by atoms with E-state index in [4.69, 9.17) is 9.84 Å². The normalized spacial score (nSPS) is 10.2. The molecule has 2 rings (SSSR count). The van der Waals surface area contributed by atoms with Gasteiger partial charge in [-0.25, -0.2) is 0 Å². The molecule has 0 unspecified atom stereocenters. The van der Waals surface area contributed by atoms with Crippen LogP contribution in [0.2, 0.25) is 0 Å². The van der Waals surface area contributed by atoms with Gasteiger partial charge < -0.3 is 20.1 Å². The maximum absolute atomic E-state index is 12.8. The van der Waals surface area contributed by atoms with Crippen LogP contribution < -0.4 is 10.1 Å². The Balaban J connectivity index is 2.33. The summed E-state index contributed by atoms with van der Waals surface area (Å²) in [4.78, 5) is 25.2. The summed E-state index contributed by atoms with van der Waals surface area (Å²) in [7, 11) is 1.58. The lowest BCUT2D eigenvalue weighted by Crippen LogP contribution is -2.36. The van der Waals surface area contributed by atoms with E-state index in [9.17, 15) is 9.59 Å². The molecule has 0 heterocycles. The number of amides is 1. The average Bonchev–Trinajstić information content (AvgIpc) is 2.61. The van der Waals surface area contributed by atoms with E-state index in [1.54, 1.807) is 25.3 Å². The Bertz CT molecular complexity index is 746. The molecule has 132 valence electrons. The lowest BCUT2D eigenvalue weighted by atomic mass is 10.1. The van der Waals surface area contributed by atoms with E-state index >= 15 is 0 Å². The molecule has 0 aliphatic rings. The number of benzene rings is 2. The topological polar surface area (TPSA) is 78.9 Å². The third-order valence-corrected chi connectivity index (χ3v) is 3.64. The van der Waals surface area contributed by atoms with Crippen LogP contribution in [0.15, 0.2) is 48.5 Å². The molecule has 0 atom stereocenters. The van der Waals surface area contributed by atoms with Crippen molar-refractivity contribution in [3.63, 3.8) is 0 Å². The van der Waals surface area contributed by atoms with Crippen LogP contribution in [0, 0.1) is 0 Å². The maximum atomic E-state index is 12.8. The first kappa shape index (κ1) is 18.3. The maximum Gasteiger partial charge on any atom is 0.323 e. The molecule has 0 bridgehead atoms. The van der Waals surface area contributed by atoms with Crippen LogP contribution in [-0.2, 0) is 4.79 Å². The lowest BCUT2D eigenvalue weighted by molar-refractivity contribution is -0.137. The number of para-hydroxylation sites is 3. The van der Waals surface area contributed by atoms with E-state index in [0.717, 1.165) is 5.69 Å². The molecule has 2 N–H and O–H groups in total. The van der Waals surface area contributed by atoms with E-state index in [2.05, 4.69) is 5.32 Å². The van der Waals surface area contributed by atoms with E-state index in [1.165, 1.54) is 4.90 Å². The highest BCUT2D eigenvalue weighted by Gasteiger charge is 2.20. The van der Waals surface area contributed by atoms with Crippen LogP contribution >= 0.6 is 0 Å². The van der Waals surface area contributed by atoms with Gasteiger partial charge in [0, 0.05) is 6.54 Å². The second-order valence-electron chi connectivity index (χ2n) is 5.49. The third kappa shape index (κ3) is 4.73. The van der Waals surface area contributed by atoms with Gasteiger partial charge in [0.25, 0.3) is 5.91 Å². The van der Waals surface area contributed by atoms with Crippen molar-refractivity contribution < 1.29 is 19.4 Å². The number of rotatable bonds is 8. The zero-order valence-electron chi connectivity index (χ0n) is 14.4. The number of carbonyl (C=O) groups excluding carboxylic acids is 1. The molecule has 6 heteroatoms. The van der Waals surface area contributed by atoms with E-state index < -0.39 is 5.97 Å². The van der Waals surface area contributed by atoms with E-state index in [-0.39, 0.29) is 12.5 Å². The summed E-state index contributed by atoms with van der Waals surface area (Å²) in [6, 6.07) is 14.4. The number of aliphatic carboxylic acids is 1. The minimum absolute atomic E-state index is 0.317. The molecule has 6 nitrogen and oxygen atoms in total. The summed E-state index contributed by atoms with van der Waals surface area (Å²) in [6.45, 7) is 1.96. The van der Waals surface area contributed by atoms with E-state index in [1.807, 2.05) is 37.3 Å². The minimum atomic E-state index is -1.03. The van der Waals surface area contributed by atoms with Gasteiger partial charge >= 0.3 is 5.97 Å². The molecule has 0 aromatic heterocycles. The number of nitrogens with zero attached hydrogens (tertiary/aromatic N) is 1. The highest BCUT2D eigenvalue weighted by atomic mass is 16.5. The molecule has 2 aromatic carbocycles. The molecule has 0 fully saturated rings. The second-order valence-corrected chi connectivity index (χ2v) is 5.49. The van der Waals surface area contributed by atoms with Crippen LogP contribution in [0.5, 0.6) is 5.75 Å². The van der Waals surface area contributed by atoms with Gasteiger partial charge in [0.05, 0.1) is 24.0 Å². The van der Waals surface area contributed by atoms with Crippen molar-refractivity contribution in [2.75, 3.05) is 25.5 Å². The highest BCUT2D eigenvalue weighted by molar-refractivity contribution is 6.01. The summed E-state index contributed by atoms with van der Waals surface area (Å²) in [6.07, 6.45) is 0.682. The van der Waals surface area contributed by atoms with Gasteiger partial charge in [-0.05, 0) is 30.7 Å². The summed E-state index contributed by atoms with van der Waals surface area (Å²) in [5.74, 6) is -0.695. The van der Waals surface area contributed by atoms with Crippen LogP contribution in [0.25, 0.3) is 0 Å². The van der Waals surface area contributed by atoms with E-state index in [0.29, 0.717) is 30.0 Å². The van der Waals surface area contributed by atoms with Crippen molar-refractivity contribution in [2.24, 2.45) is 0 Å². The number of hydrogen-bond donors (Lipinski definition) is 2. The fourth-order valence-corrected chi connectivity index (χ4v) is 2.53. The average molecular weight is 342 g/mol. The fraction of sp³-hybridized carbons (Fsp3) is 0.263. The number of carboxylic acid groups (broad SMARTS) is 1. The second kappa shape index (κ2) is 8.73. The van der Waals surface area contributed by atoms with Gasteiger partial charge in [-0.3, -0.25) is 9.59 Å². The lowest BCUT2D eigenvalue weighted by Gasteiger charge is -2.22. The molecule has 1 amide bonds. The number of hydrogen-bond acceptors (Lipinski definition) is 4. The third-order valence-electron chi connectivity index (χ3n) is 3.64. The first-order chi connectivity index (χ1) is 12.1. The molecule has 0 spiro atoms. The quantitative estimate of drug-likeness (QED) is 0.769. The largest absolute Gasteiger partial charge is 0.495 e. The van der Waals surface area contributed by atoms with Gasteiger partial charge in [-0.2, -0.15) is 0 Å².